The Morgan fingerprint density at radius 1 is 0.848 bits per heavy atom. The number of nitrogens with one attached hydrogen (secondary N) is 1. The zero-order chi connectivity index (χ0) is 22.8. The molecule has 6 nitrogen and oxygen atoms in total. The van der Waals surface area contributed by atoms with Crippen LogP contribution in [-0.2, 0) is 16.1 Å². The molecule has 6 heteroatoms. The number of benzene rings is 3. The summed E-state index contributed by atoms with van der Waals surface area (Å²) in [6, 6.07) is 24.5. The Bertz CT molecular complexity index is 1370. The highest BCUT2D eigenvalue weighted by Gasteiger charge is 2.39. The molecule has 3 aromatic carbocycles. The quantitative estimate of drug-likeness (QED) is 0.447. The van der Waals surface area contributed by atoms with E-state index in [0.717, 1.165) is 22.0 Å². The molecule has 162 valence electrons. The van der Waals surface area contributed by atoms with Gasteiger partial charge >= 0.3 is 0 Å². The van der Waals surface area contributed by atoms with Gasteiger partial charge in [0, 0.05) is 23.5 Å². The van der Waals surface area contributed by atoms with Crippen LogP contribution in [0, 0.1) is 0 Å². The van der Waals surface area contributed by atoms with Crippen LogP contribution in [0.1, 0.15) is 11.1 Å². The number of anilines is 1. The number of carbonyl (C=O) groups is 2. The molecule has 33 heavy (non-hydrogen) atoms. The lowest BCUT2D eigenvalue weighted by molar-refractivity contribution is -0.137. The minimum Gasteiger partial charge on any atom is -0.497 e. The average Bonchev–Trinajstić information content (AvgIpc) is 3.09. The van der Waals surface area contributed by atoms with Crippen molar-refractivity contribution in [2.24, 2.45) is 0 Å². The molecule has 0 fully saturated rings. The van der Waals surface area contributed by atoms with Crippen molar-refractivity contribution in [2.45, 2.75) is 6.54 Å². The summed E-state index contributed by atoms with van der Waals surface area (Å²) in [6.07, 6.45) is 3.29. The van der Waals surface area contributed by atoms with Gasteiger partial charge in [-0.2, -0.15) is 0 Å². The molecule has 0 saturated heterocycles. The molecular formula is C27H21N3O3. The van der Waals surface area contributed by atoms with Gasteiger partial charge in [0.25, 0.3) is 11.8 Å². The predicted molar refractivity (Wildman–Crippen MR) is 127 cm³/mol. The fraction of sp³-hybridized carbons (Fsp3) is 0.0741. The third-order valence-electron chi connectivity index (χ3n) is 5.69. The number of ether oxygens (including phenoxy) is 1. The van der Waals surface area contributed by atoms with E-state index >= 15 is 0 Å². The zero-order valence-electron chi connectivity index (χ0n) is 18.0. The first-order valence-corrected chi connectivity index (χ1v) is 10.5. The van der Waals surface area contributed by atoms with Crippen molar-refractivity contribution >= 4 is 33.8 Å². The van der Waals surface area contributed by atoms with Crippen LogP contribution in [-0.4, -0.2) is 28.8 Å². The van der Waals surface area contributed by atoms with Gasteiger partial charge in [-0.15, -0.1) is 0 Å². The van der Waals surface area contributed by atoms with Gasteiger partial charge in [0.2, 0.25) is 0 Å². The van der Waals surface area contributed by atoms with Gasteiger partial charge < -0.3 is 10.1 Å². The van der Waals surface area contributed by atoms with Crippen molar-refractivity contribution in [1.82, 2.24) is 9.88 Å². The first-order valence-electron chi connectivity index (χ1n) is 10.5. The van der Waals surface area contributed by atoms with Gasteiger partial charge in [-0.25, -0.2) is 0 Å². The molecule has 1 aliphatic heterocycles. The molecule has 0 bridgehead atoms. The predicted octanol–water partition coefficient (Wildman–Crippen LogP) is 4.64. The Morgan fingerprint density at radius 3 is 2.33 bits per heavy atom. The maximum Gasteiger partial charge on any atom is 0.278 e. The van der Waals surface area contributed by atoms with Crippen molar-refractivity contribution in [3.05, 3.63) is 108 Å². The Hall–Kier alpha value is -4.45. The van der Waals surface area contributed by atoms with Crippen LogP contribution in [0.3, 0.4) is 0 Å². The third-order valence-corrected chi connectivity index (χ3v) is 5.69. The monoisotopic (exact) mass is 435 g/mol. The summed E-state index contributed by atoms with van der Waals surface area (Å²) in [5, 5.41) is 5.29. The zero-order valence-corrected chi connectivity index (χ0v) is 18.0. The van der Waals surface area contributed by atoms with E-state index in [9.17, 15) is 9.59 Å². The number of hydrogen-bond acceptors (Lipinski definition) is 5. The number of fused-ring (bicyclic) bond motifs is 1. The largest absolute Gasteiger partial charge is 0.497 e. The molecule has 0 saturated carbocycles. The van der Waals surface area contributed by atoms with Crippen molar-refractivity contribution in [2.75, 3.05) is 12.4 Å². The van der Waals surface area contributed by atoms with Crippen LogP contribution in [0.2, 0.25) is 0 Å². The fourth-order valence-electron chi connectivity index (χ4n) is 4.00. The lowest BCUT2D eigenvalue weighted by atomic mass is 10.0. The molecule has 4 aromatic rings. The van der Waals surface area contributed by atoms with E-state index in [2.05, 4.69) is 10.3 Å². The summed E-state index contributed by atoms with van der Waals surface area (Å²) in [7, 11) is 1.59. The Kier molecular flexibility index (Phi) is 5.32. The lowest BCUT2D eigenvalue weighted by Crippen LogP contribution is -2.32. The van der Waals surface area contributed by atoms with Crippen molar-refractivity contribution in [1.29, 1.82) is 0 Å². The fourth-order valence-corrected chi connectivity index (χ4v) is 4.00. The molecule has 2 amide bonds. The van der Waals surface area contributed by atoms with E-state index in [0.29, 0.717) is 16.9 Å². The van der Waals surface area contributed by atoms with Gasteiger partial charge in [0.05, 0.1) is 19.2 Å². The Balaban J connectivity index is 1.59. The SMILES string of the molecule is COc1ccc(C2=C(Nc3cccc4ccccc34)C(=O)N(Cc3ccncc3)C2=O)cc1. The van der Waals surface area contributed by atoms with Gasteiger partial charge in [0.1, 0.15) is 11.4 Å². The van der Waals surface area contributed by atoms with E-state index in [4.69, 9.17) is 4.74 Å². The number of methoxy groups -OCH3 is 1. The van der Waals surface area contributed by atoms with Crippen molar-refractivity contribution in [3.8, 4) is 5.75 Å². The molecule has 1 N–H and O–H groups in total. The number of hydrogen-bond donors (Lipinski definition) is 1. The van der Waals surface area contributed by atoms with Crippen LogP contribution in [0.5, 0.6) is 5.75 Å². The first-order chi connectivity index (χ1) is 16.2. The minimum atomic E-state index is -0.365. The van der Waals surface area contributed by atoms with Crippen LogP contribution in [0.4, 0.5) is 5.69 Å². The van der Waals surface area contributed by atoms with Gasteiger partial charge in [-0.05, 0) is 46.8 Å². The number of pyridine rings is 1. The summed E-state index contributed by atoms with van der Waals surface area (Å²) >= 11 is 0. The van der Waals surface area contributed by atoms with Crippen molar-refractivity contribution < 1.29 is 14.3 Å². The van der Waals surface area contributed by atoms with E-state index < -0.39 is 0 Å². The number of carbonyl (C=O) groups excluding carboxylic acids is 2. The Morgan fingerprint density at radius 2 is 1.58 bits per heavy atom. The van der Waals surface area contributed by atoms with Gasteiger partial charge in [-0.3, -0.25) is 19.5 Å². The summed E-state index contributed by atoms with van der Waals surface area (Å²) in [6.45, 7) is 0.167. The highest BCUT2D eigenvalue weighted by molar-refractivity contribution is 6.36. The van der Waals surface area contributed by atoms with E-state index in [1.165, 1.54) is 4.90 Å². The number of imide groups is 1. The molecule has 0 aliphatic carbocycles. The maximum atomic E-state index is 13.5. The van der Waals surface area contributed by atoms with Crippen molar-refractivity contribution in [3.63, 3.8) is 0 Å². The molecule has 0 spiro atoms. The minimum absolute atomic E-state index is 0.167. The highest BCUT2D eigenvalue weighted by Crippen LogP contribution is 2.34. The normalized spacial score (nSPS) is 13.7. The average molecular weight is 435 g/mol. The van der Waals surface area contributed by atoms with E-state index in [1.807, 2.05) is 42.5 Å². The highest BCUT2D eigenvalue weighted by atomic mass is 16.5. The van der Waals surface area contributed by atoms with Gasteiger partial charge in [0.15, 0.2) is 0 Å². The van der Waals surface area contributed by atoms with Gasteiger partial charge in [-0.1, -0.05) is 48.5 Å². The molecule has 1 aliphatic rings. The molecule has 0 unspecified atom stereocenters. The number of nitrogens with zero attached hydrogens (tertiary/aromatic N) is 2. The second kappa shape index (κ2) is 8.59. The molecule has 1 aromatic heterocycles. The summed E-state index contributed by atoms with van der Waals surface area (Å²) in [5.41, 5.74) is 2.84. The molecule has 0 radical (unpaired) electrons. The molecule has 0 atom stereocenters. The first kappa shape index (κ1) is 20.5. The molecular weight excluding hydrogens is 414 g/mol. The maximum absolute atomic E-state index is 13.5. The van der Waals surface area contributed by atoms with E-state index in [1.54, 1.807) is 55.9 Å². The van der Waals surface area contributed by atoms with E-state index in [-0.39, 0.29) is 24.1 Å². The summed E-state index contributed by atoms with van der Waals surface area (Å²) in [4.78, 5) is 32.3. The molecule has 2 heterocycles. The summed E-state index contributed by atoms with van der Waals surface area (Å²) < 4.78 is 5.25. The van der Waals surface area contributed by atoms with Crippen LogP contribution in [0.15, 0.2) is 97.0 Å². The Labute approximate surface area is 191 Å². The van der Waals surface area contributed by atoms with Crippen LogP contribution >= 0.6 is 0 Å². The second-order valence-electron chi connectivity index (χ2n) is 7.68. The topological polar surface area (TPSA) is 71.5 Å². The van der Waals surface area contributed by atoms with Crippen LogP contribution in [0.25, 0.3) is 16.3 Å². The van der Waals surface area contributed by atoms with Crippen LogP contribution < -0.4 is 10.1 Å². The summed E-state index contributed by atoms with van der Waals surface area (Å²) in [5.74, 6) is -0.0337. The smallest absolute Gasteiger partial charge is 0.278 e. The number of rotatable bonds is 6. The second-order valence-corrected chi connectivity index (χ2v) is 7.68. The third kappa shape index (κ3) is 3.83. The molecule has 5 rings (SSSR count). The number of amides is 2. The standard InChI is InChI=1S/C27H21N3O3/c1-33-21-11-9-20(10-12-21)24-25(29-23-8-4-6-19-5-2-3-7-22(19)23)27(32)30(26(24)31)17-18-13-15-28-16-14-18/h2-16,29H,17H2,1H3. The lowest BCUT2D eigenvalue weighted by Gasteiger charge is -2.15. The number of aromatic nitrogens is 1.